The summed E-state index contributed by atoms with van der Waals surface area (Å²) in [6.45, 7) is 0.445. The molecule has 2 rings (SSSR count). The third-order valence-electron chi connectivity index (χ3n) is 2.75. The van der Waals surface area contributed by atoms with Gasteiger partial charge in [-0.2, -0.15) is 0 Å². The van der Waals surface area contributed by atoms with Crippen LogP contribution >= 0.6 is 15.9 Å². The molecule has 6 nitrogen and oxygen atoms in total. The zero-order chi connectivity index (χ0) is 13.8. The number of hydrogen-bond acceptors (Lipinski definition) is 4. The second-order valence-corrected chi connectivity index (χ2v) is 4.93. The SMILES string of the molecule is COc1cc(NC(=O)C2CNC(=O)CN2)ccc1Br. The average Bonchev–Trinajstić information content (AvgIpc) is 2.41. The first-order chi connectivity index (χ1) is 9.10. The molecule has 1 saturated heterocycles. The minimum atomic E-state index is -0.424. The summed E-state index contributed by atoms with van der Waals surface area (Å²) in [6.07, 6.45) is 0. The molecule has 2 amide bonds. The summed E-state index contributed by atoms with van der Waals surface area (Å²) in [6, 6.07) is 4.87. The van der Waals surface area contributed by atoms with Crippen LogP contribution in [0.3, 0.4) is 0 Å². The highest BCUT2D eigenvalue weighted by Gasteiger charge is 2.23. The molecule has 0 radical (unpaired) electrons. The van der Waals surface area contributed by atoms with E-state index in [0.717, 1.165) is 4.47 Å². The van der Waals surface area contributed by atoms with Crippen LogP contribution in [0.5, 0.6) is 5.75 Å². The van der Waals surface area contributed by atoms with E-state index in [9.17, 15) is 9.59 Å². The van der Waals surface area contributed by atoms with E-state index in [-0.39, 0.29) is 18.4 Å². The molecule has 7 heteroatoms. The number of carbonyl (C=O) groups is 2. The lowest BCUT2D eigenvalue weighted by Crippen LogP contribution is -2.56. The van der Waals surface area contributed by atoms with Gasteiger partial charge in [-0.25, -0.2) is 0 Å². The van der Waals surface area contributed by atoms with Crippen LogP contribution < -0.4 is 20.7 Å². The second-order valence-electron chi connectivity index (χ2n) is 4.08. The molecule has 1 aromatic carbocycles. The van der Waals surface area contributed by atoms with Gasteiger partial charge in [-0.15, -0.1) is 0 Å². The molecule has 0 saturated carbocycles. The van der Waals surface area contributed by atoms with Crippen LogP contribution in [0.2, 0.25) is 0 Å². The molecule has 1 aliphatic heterocycles. The summed E-state index contributed by atoms with van der Waals surface area (Å²) < 4.78 is 5.97. The summed E-state index contributed by atoms with van der Waals surface area (Å²) in [4.78, 5) is 23.0. The molecule has 1 unspecified atom stereocenters. The number of nitrogens with one attached hydrogen (secondary N) is 3. The van der Waals surface area contributed by atoms with Crippen molar-refractivity contribution in [2.45, 2.75) is 6.04 Å². The van der Waals surface area contributed by atoms with E-state index in [1.165, 1.54) is 0 Å². The lowest BCUT2D eigenvalue weighted by Gasteiger charge is -2.23. The van der Waals surface area contributed by atoms with Crippen LogP contribution in [0.1, 0.15) is 0 Å². The normalized spacial score (nSPS) is 18.6. The number of halogens is 1. The molecule has 1 aromatic rings. The third kappa shape index (κ3) is 3.45. The lowest BCUT2D eigenvalue weighted by molar-refractivity contribution is -0.124. The number of hydrogen-bond donors (Lipinski definition) is 3. The van der Waals surface area contributed by atoms with Crippen LogP contribution in [0.4, 0.5) is 5.69 Å². The lowest BCUT2D eigenvalue weighted by atomic mass is 10.2. The van der Waals surface area contributed by atoms with Crippen molar-refractivity contribution in [3.05, 3.63) is 22.7 Å². The van der Waals surface area contributed by atoms with Gasteiger partial charge in [0.15, 0.2) is 0 Å². The van der Waals surface area contributed by atoms with Crippen LogP contribution in [-0.2, 0) is 9.59 Å². The molecule has 1 atom stereocenters. The minimum Gasteiger partial charge on any atom is -0.495 e. The first-order valence-electron chi connectivity index (χ1n) is 5.74. The molecule has 0 aliphatic carbocycles. The standard InChI is InChI=1S/C12H14BrN3O3/c1-19-10-4-7(2-3-8(10)13)16-12(18)9-5-15-11(17)6-14-9/h2-4,9,14H,5-6H2,1H3,(H,15,17)(H,16,18). The zero-order valence-corrected chi connectivity index (χ0v) is 11.9. The van der Waals surface area contributed by atoms with Crippen LogP contribution in [-0.4, -0.2) is 38.1 Å². The first-order valence-corrected chi connectivity index (χ1v) is 6.54. The van der Waals surface area contributed by atoms with Gasteiger partial charge in [0.2, 0.25) is 11.8 Å². The summed E-state index contributed by atoms with van der Waals surface area (Å²) in [5.41, 5.74) is 0.642. The van der Waals surface area contributed by atoms with Gasteiger partial charge in [-0.05, 0) is 28.1 Å². The summed E-state index contributed by atoms with van der Waals surface area (Å²) >= 11 is 3.34. The Labute approximate surface area is 119 Å². The van der Waals surface area contributed by atoms with E-state index in [0.29, 0.717) is 18.0 Å². The maximum atomic E-state index is 12.0. The van der Waals surface area contributed by atoms with E-state index in [2.05, 4.69) is 31.9 Å². The summed E-state index contributed by atoms with van der Waals surface area (Å²) in [7, 11) is 1.56. The molecule has 3 N–H and O–H groups in total. The zero-order valence-electron chi connectivity index (χ0n) is 10.3. The monoisotopic (exact) mass is 327 g/mol. The molecule has 0 spiro atoms. The Morgan fingerprint density at radius 1 is 1.53 bits per heavy atom. The maximum absolute atomic E-state index is 12.0. The number of amides is 2. The Hall–Kier alpha value is -1.60. The van der Waals surface area contributed by atoms with Crippen molar-refractivity contribution in [2.24, 2.45) is 0 Å². The Morgan fingerprint density at radius 3 is 2.95 bits per heavy atom. The van der Waals surface area contributed by atoms with E-state index >= 15 is 0 Å². The second kappa shape index (κ2) is 6.03. The Kier molecular flexibility index (Phi) is 4.39. The summed E-state index contributed by atoms with van der Waals surface area (Å²) in [5, 5.41) is 8.28. The quantitative estimate of drug-likeness (QED) is 0.754. The summed E-state index contributed by atoms with van der Waals surface area (Å²) in [5.74, 6) is 0.349. The average molecular weight is 328 g/mol. The van der Waals surface area contributed by atoms with Gasteiger partial charge in [-0.1, -0.05) is 0 Å². The van der Waals surface area contributed by atoms with Gasteiger partial charge >= 0.3 is 0 Å². The van der Waals surface area contributed by atoms with Gasteiger partial charge in [0.05, 0.1) is 18.1 Å². The molecular formula is C12H14BrN3O3. The molecule has 1 fully saturated rings. The van der Waals surface area contributed by atoms with Gasteiger partial charge < -0.3 is 15.4 Å². The fourth-order valence-electron chi connectivity index (χ4n) is 1.72. The highest BCUT2D eigenvalue weighted by molar-refractivity contribution is 9.10. The van der Waals surface area contributed by atoms with Gasteiger partial charge in [0.25, 0.3) is 0 Å². The predicted octanol–water partition coefficient (Wildman–Crippen LogP) is 0.484. The molecule has 19 heavy (non-hydrogen) atoms. The Bertz CT molecular complexity index is 497. The molecule has 0 bridgehead atoms. The number of methoxy groups -OCH3 is 1. The third-order valence-corrected chi connectivity index (χ3v) is 3.40. The molecular weight excluding hydrogens is 314 g/mol. The Balaban J connectivity index is 2.00. The van der Waals surface area contributed by atoms with E-state index in [1.54, 1.807) is 25.3 Å². The number of ether oxygens (including phenoxy) is 1. The fraction of sp³-hybridized carbons (Fsp3) is 0.333. The van der Waals surface area contributed by atoms with Crippen molar-refractivity contribution >= 4 is 33.4 Å². The van der Waals surface area contributed by atoms with Crippen molar-refractivity contribution in [3.63, 3.8) is 0 Å². The molecule has 102 valence electrons. The fourth-order valence-corrected chi connectivity index (χ4v) is 2.13. The Morgan fingerprint density at radius 2 is 2.32 bits per heavy atom. The topological polar surface area (TPSA) is 79.5 Å². The first kappa shape index (κ1) is 13.8. The van der Waals surface area contributed by atoms with Crippen LogP contribution in [0.15, 0.2) is 22.7 Å². The molecule has 1 heterocycles. The van der Waals surface area contributed by atoms with E-state index in [4.69, 9.17) is 4.74 Å². The van der Waals surface area contributed by atoms with Gasteiger partial charge in [0.1, 0.15) is 11.8 Å². The van der Waals surface area contributed by atoms with Crippen molar-refractivity contribution in [1.82, 2.24) is 10.6 Å². The van der Waals surface area contributed by atoms with Crippen molar-refractivity contribution in [2.75, 3.05) is 25.5 Å². The van der Waals surface area contributed by atoms with E-state index in [1.807, 2.05) is 0 Å². The molecule has 0 aromatic heterocycles. The van der Waals surface area contributed by atoms with Gasteiger partial charge in [-0.3, -0.25) is 14.9 Å². The van der Waals surface area contributed by atoms with Crippen LogP contribution in [0.25, 0.3) is 0 Å². The molecule has 1 aliphatic rings. The maximum Gasteiger partial charge on any atom is 0.243 e. The number of carbonyl (C=O) groups excluding carboxylic acids is 2. The number of anilines is 1. The number of piperazine rings is 1. The highest BCUT2D eigenvalue weighted by atomic mass is 79.9. The highest BCUT2D eigenvalue weighted by Crippen LogP contribution is 2.27. The number of benzene rings is 1. The number of rotatable bonds is 3. The largest absolute Gasteiger partial charge is 0.495 e. The smallest absolute Gasteiger partial charge is 0.243 e. The predicted molar refractivity (Wildman–Crippen MR) is 74.1 cm³/mol. The van der Waals surface area contributed by atoms with Crippen molar-refractivity contribution in [1.29, 1.82) is 0 Å². The minimum absolute atomic E-state index is 0.102. The van der Waals surface area contributed by atoms with Gasteiger partial charge in [0, 0.05) is 18.3 Å². The van der Waals surface area contributed by atoms with Crippen molar-refractivity contribution < 1.29 is 14.3 Å². The van der Waals surface area contributed by atoms with Crippen molar-refractivity contribution in [3.8, 4) is 5.75 Å². The van der Waals surface area contributed by atoms with E-state index < -0.39 is 6.04 Å². The van der Waals surface area contributed by atoms with Crippen LogP contribution in [0, 0.1) is 0 Å².